The molecule has 7 heteroatoms. The van der Waals surface area contributed by atoms with Gasteiger partial charge in [-0.05, 0) is 25.8 Å². The van der Waals surface area contributed by atoms with Crippen LogP contribution in [-0.2, 0) is 15.5 Å². The highest BCUT2D eigenvalue weighted by Gasteiger charge is 2.41. The van der Waals surface area contributed by atoms with Gasteiger partial charge in [0.15, 0.2) is 0 Å². The van der Waals surface area contributed by atoms with Crippen LogP contribution in [-0.4, -0.2) is 33.3 Å². The lowest BCUT2D eigenvalue weighted by atomic mass is 9.94. The molecule has 21 heavy (non-hydrogen) atoms. The summed E-state index contributed by atoms with van der Waals surface area (Å²) in [6.07, 6.45) is 1.77. The van der Waals surface area contributed by atoms with Gasteiger partial charge in [-0.3, -0.25) is 4.31 Å². The van der Waals surface area contributed by atoms with Crippen LogP contribution in [0.15, 0.2) is 33.6 Å². The number of guanidine groups is 1. The van der Waals surface area contributed by atoms with E-state index in [9.17, 15) is 8.60 Å². The van der Waals surface area contributed by atoms with Crippen LogP contribution in [0.25, 0.3) is 0 Å². The number of aliphatic imine (C=N–C) groups is 1. The van der Waals surface area contributed by atoms with Gasteiger partial charge < -0.3 is 5.73 Å². The predicted octanol–water partition coefficient (Wildman–Crippen LogP) is 1.85. The average Bonchev–Trinajstić information content (AvgIpc) is 2.60. The van der Waals surface area contributed by atoms with Crippen LogP contribution in [0.5, 0.6) is 0 Å². The molecule has 5 nitrogen and oxygen atoms in total. The van der Waals surface area contributed by atoms with Gasteiger partial charge in [0.1, 0.15) is 21.3 Å². The summed E-state index contributed by atoms with van der Waals surface area (Å²) in [6.45, 7) is 2.91. The van der Waals surface area contributed by atoms with Crippen molar-refractivity contribution in [1.82, 2.24) is 4.31 Å². The number of nitrogens with two attached hydrogens (primary N) is 1. The molecule has 0 bridgehead atoms. The van der Waals surface area contributed by atoms with Crippen LogP contribution < -0.4 is 5.73 Å². The Morgan fingerprint density at radius 2 is 2.14 bits per heavy atom. The van der Waals surface area contributed by atoms with E-state index in [1.54, 1.807) is 29.4 Å². The van der Waals surface area contributed by atoms with E-state index in [-0.39, 0.29) is 17.5 Å². The SMILES string of the molecule is C[C@@]1(c2ccccc2F)CS2(=O)=NCCCCN2C(N)=N1. The lowest BCUT2D eigenvalue weighted by molar-refractivity contribution is 0.464. The summed E-state index contributed by atoms with van der Waals surface area (Å²) < 4.78 is 33.3. The van der Waals surface area contributed by atoms with Crippen LogP contribution >= 0.6 is 0 Å². The molecule has 0 fully saturated rings. The molecule has 2 heterocycles. The topological polar surface area (TPSA) is 71.0 Å². The van der Waals surface area contributed by atoms with E-state index < -0.39 is 15.5 Å². The summed E-state index contributed by atoms with van der Waals surface area (Å²) in [7, 11) is -2.65. The van der Waals surface area contributed by atoms with Crippen molar-refractivity contribution in [3.63, 3.8) is 0 Å². The maximum Gasteiger partial charge on any atom is 0.204 e. The minimum atomic E-state index is -2.65. The third-order valence-corrected chi connectivity index (χ3v) is 6.53. The largest absolute Gasteiger partial charge is 0.369 e. The van der Waals surface area contributed by atoms with E-state index in [1.807, 2.05) is 0 Å². The number of hydrogen-bond acceptors (Lipinski definition) is 4. The van der Waals surface area contributed by atoms with E-state index in [0.29, 0.717) is 18.7 Å². The first kappa shape index (κ1) is 14.3. The molecule has 2 N–H and O–H groups in total. The van der Waals surface area contributed by atoms with Crippen LogP contribution in [0.2, 0.25) is 0 Å². The van der Waals surface area contributed by atoms with Crippen LogP contribution in [0.1, 0.15) is 25.3 Å². The molecular weight excluding hydrogens is 291 g/mol. The van der Waals surface area contributed by atoms with Crippen molar-refractivity contribution in [1.29, 1.82) is 0 Å². The first-order valence-electron chi connectivity index (χ1n) is 7.03. The fourth-order valence-corrected chi connectivity index (χ4v) is 5.41. The molecule has 0 aromatic heterocycles. The number of rotatable bonds is 1. The zero-order valence-corrected chi connectivity index (χ0v) is 12.8. The smallest absolute Gasteiger partial charge is 0.204 e. The zero-order valence-electron chi connectivity index (χ0n) is 12.0. The van der Waals surface area contributed by atoms with Gasteiger partial charge in [-0.25, -0.2) is 18.0 Å². The quantitative estimate of drug-likeness (QED) is 0.860. The maximum absolute atomic E-state index is 14.1. The highest BCUT2D eigenvalue weighted by Crippen LogP contribution is 2.35. The molecule has 2 aliphatic heterocycles. The van der Waals surface area contributed by atoms with Crippen LogP contribution in [0.4, 0.5) is 4.39 Å². The van der Waals surface area contributed by atoms with Gasteiger partial charge in [0.25, 0.3) is 0 Å². The molecule has 3 rings (SSSR count). The third kappa shape index (κ3) is 2.39. The van der Waals surface area contributed by atoms with Crippen molar-refractivity contribution < 1.29 is 8.60 Å². The van der Waals surface area contributed by atoms with Gasteiger partial charge in [-0.1, -0.05) is 18.2 Å². The summed E-state index contributed by atoms with van der Waals surface area (Å²) in [6, 6.07) is 6.43. The van der Waals surface area contributed by atoms with E-state index in [1.165, 1.54) is 6.07 Å². The van der Waals surface area contributed by atoms with Crippen molar-refractivity contribution >= 4 is 15.9 Å². The van der Waals surface area contributed by atoms with Crippen molar-refractivity contribution in [3.05, 3.63) is 35.6 Å². The zero-order chi connectivity index (χ0) is 15.1. The molecule has 0 radical (unpaired) electrons. The standard InChI is InChI=1S/C14H19FN4OS/c1-14(11-6-2-3-7-12(11)15)10-21(20)17-8-4-5-9-19(21)13(16)18-14/h2-3,6-7H,4-5,8-10H2,1H3,(H2,16,18)/t14-,21?/m0/s1. The summed E-state index contributed by atoms with van der Waals surface area (Å²) in [5.41, 5.74) is 5.49. The Labute approximate surface area is 124 Å². The average molecular weight is 310 g/mol. The lowest BCUT2D eigenvalue weighted by Gasteiger charge is -2.38. The first-order valence-corrected chi connectivity index (χ1v) is 8.67. The van der Waals surface area contributed by atoms with E-state index in [0.717, 1.165) is 12.8 Å². The Hall–Kier alpha value is -1.63. The van der Waals surface area contributed by atoms with E-state index in [4.69, 9.17) is 5.73 Å². The summed E-state index contributed by atoms with van der Waals surface area (Å²) in [5.74, 6) is 0.00558. The Morgan fingerprint density at radius 1 is 1.38 bits per heavy atom. The van der Waals surface area contributed by atoms with Gasteiger partial charge in [-0.2, -0.15) is 0 Å². The molecule has 1 unspecified atom stereocenters. The minimum absolute atomic E-state index is 0.168. The normalized spacial score (nSPS) is 32.7. The molecule has 0 saturated heterocycles. The highest BCUT2D eigenvalue weighted by atomic mass is 32.2. The van der Waals surface area contributed by atoms with Crippen molar-refractivity contribution in [2.75, 3.05) is 18.8 Å². The second-order valence-corrected chi connectivity index (χ2v) is 7.84. The van der Waals surface area contributed by atoms with Gasteiger partial charge in [0, 0.05) is 12.1 Å². The van der Waals surface area contributed by atoms with Gasteiger partial charge in [0.2, 0.25) is 5.96 Å². The van der Waals surface area contributed by atoms with Crippen molar-refractivity contribution in [2.24, 2.45) is 15.1 Å². The molecule has 1 aromatic rings. The monoisotopic (exact) mass is 310 g/mol. The Morgan fingerprint density at radius 3 is 2.90 bits per heavy atom. The Balaban J connectivity index is 2.14. The predicted molar refractivity (Wildman–Crippen MR) is 81.6 cm³/mol. The number of nitrogens with zero attached hydrogens (tertiary/aromatic N) is 3. The van der Waals surface area contributed by atoms with Crippen LogP contribution in [0.3, 0.4) is 0 Å². The van der Waals surface area contributed by atoms with Crippen molar-refractivity contribution in [3.8, 4) is 0 Å². The molecule has 0 amide bonds. The number of halogens is 1. The van der Waals surface area contributed by atoms with E-state index >= 15 is 0 Å². The maximum atomic E-state index is 14.1. The third-order valence-electron chi connectivity index (χ3n) is 3.95. The molecule has 0 aliphatic carbocycles. The molecular formula is C14H19FN4OS. The summed E-state index contributed by atoms with van der Waals surface area (Å²) in [4.78, 5) is 4.46. The fourth-order valence-electron chi connectivity index (χ4n) is 2.91. The molecule has 0 saturated carbocycles. The second-order valence-electron chi connectivity index (χ2n) is 5.64. The first-order chi connectivity index (χ1) is 9.95. The summed E-state index contributed by atoms with van der Waals surface area (Å²) in [5, 5.41) is 0. The number of fused-ring (bicyclic) bond motifs is 1. The minimum Gasteiger partial charge on any atom is -0.369 e. The molecule has 2 atom stereocenters. The van der Waals surface area contributed by atoms with Crippen LogP contribution in [0, 0.1) is 5.82 Å². The molecule has 1 aromatic carbocycles. The number of benzene rings is 1. The fraction of sp³-hybridized carbons (Fsp3) is 0.500. The van der Waals surface area contributed by atoms with Gasteiger partial charge in [0.05, 0.1) is 12.3 Å². The number of hydrogen-bond donors (Lipinski definition) is 1. The molecule has 2 aliphatic rings. The van der Waals surface area contributed by atoms with Gasteiger partial charge >= 0.3 is 0 Å². The van der Waals surface area contributed by atoms with E-state index in [2.05, 4.69) is 9.36 Å². The second kappa shape index (κ2) is 4.98. The molecule has 0 spiro atoms. The Kier molecular flexibility index (Phi) is 3.39. The Bertz CT molecular complexity index is 711. The summed E-state index contributed by atoms with van der Waals surface area (Å²) >= 11 is 0. The highest BCUT2D eigenvalue weighted by molar-refractivity contribution is 7.92. The molecule has 114 valence electrons. The lowest BCUT2D eigenvalue weighted by Crippen LogP contribution is -2.52. The van der Waals surface area contributed by atoms with Crippen molar-refractivity contribution in [2.45, 2.75) is 25.3 Å². The van der Waals surface area contributed by atoms with Gasteiger partial charge in [-0.15, -0.1) is 0 Å².